The van der Waals surface area contributed by atoms with Gasteiger partial charge in [0.2, 0.25) is 11.9 Å². The Hall–Kier alpha value is -4.59. The van der Waals surface area contributed by atoms with Gasteiger partial charge in [0.15, 0.2) is 0 Å². The van der Waals surface area contributed by atoms with E-state index in [2.05, 4.69) is 20.6 Å². The van der Waals surface area contributed by atoms with E-state index in [1.54, 1.807) is 18.6 Å². The Kier molecular flexibility index (Phi) is 5.61. The van der Waals surface area contributed by atoms with Gasteiger partial charge in [0.25, 0.3) is 5.91 Å². The first-order chi connectivity index (χ1) is 17.7. The number of rotatable bonds is 4. The third-order valence-corrected chi connectivity index (χ3v) is 6.66. The molecule has 1 atom stereocenters. The molecule has 2 aromatic carbocycles. The van der Waals surface area contributed by atoms with Gasteiger partial charge in [-0.1, -0.05) is 18.2 Å². The number of carbonyl (C=O) groups is 2. The number of fused-ring (bicyclic) bond motifs is 3. The number of carbonyl (C=O) groups excluding carboxylic acids is 2. The first-order valence-corrected chi connectivity index (χ1v) is 12.0. The molecule has 2 aromatic heterocycles. The maximum absolute atomic E-state index is 13.3. The molecule has 2 N–H and O–H groups in total. The van der Waals surface area contributed by atoms with E-state index in [0.717, 1.165) is 53.1 Å². The Morgan fingerprint density at radius 1 is 1.03 bits per heavy atom. The predicted octanol–water partition coefficient (Wildman–Crippen LogP) is 4.75. The lowest BCUT2D eigenvalue weighted by atomic mass is 10.1. The maximum Gasteiger partial charge on any atom is 0.254 e. The summed E-state index contributed by atoms with van der Waals surface area (Å²) >= 11 is 0. The minimum atomic E-state index is -0.0880. The average molecular weight is 477 g/mol. The van der Waals surface area contributed by atoms with E-state index in [-0.39, 0.29) is 24.3 Å². The zero-order chi connectivity index (χ0) is 24.5. The standard InChI is InChI=1S/C28H24N6O2/c35-25-16-20-17-30-28(33-26(20)22-4-1-2-5-23(22)32-25)31-21-9-7-19(8-10-21)27(36)34-15-3-6-24(34)18-11-13-29-14-12-18/h1-2,4-5,7-14,17,24H,3,6,15-16H2,(H,32,35)(H,30,31,33). The van der Waals surface area contributed by atoms with Crippen molar-refractivity contribution < 1.29 is 9.59 Å². The highest BCUT2D eigenvalue weighted by Gasteiger charge is 2.30. The van der Waals surface area contributed by atoms with Crippen molar-refractivity contribution >= 4 is 29.1 Å². The second-order valence-corrected chi connectivity index (χ2v) is 8.98. The number of hydrogen-bond acceptors (Lipinski definition) is 6. The molecule has 0 aliphatic carbocycles. The van der Waals surface area contributed by atoms with Crippen LogP contribution in [-0.4, -0.2) is 38.2 Å². The molecule has 1 fully saturated rings. The molecule has 2 aliphatic rings. The number of pyridine rings is 1. The van der Waals surface area contributed by atoms with Crippen LogP contribution in [0.3, 0.4) is 0 Å². The molecule has 8 nitrogen and oxygen atoms in total. The fourth-order valence-electron chi connectivity index (χ4n) is 4.93. The van der Waals surface area contributed by atoms with Crippen LogP contribution in [0.25, 0.3) is 11.3 Å². The topological polar surface area (TPSA) is 100 Å². The highest BCUT2D eigenvalue weighted by atomic mass is 16.2. The Bertz CT molecular complexity index is 1440. The van der Waals surface area contributed by atoms with E-state index in [1.807, 2.05) is 65.6 Å². The van der Waals surface area contributed by atoms with Gasteiger partial charge < -0.3 is 15.5 Å². The summed E-state index contributed by atoms with van der Waals surface area (Å²) in [4.78, 5) is 40.7. The van der Waals surface area contributed by atoms with Crippen LogP contribution in [0, 0.1) is 0 Å². The van der Waals surface area contributed by atoms with Crippen LogP contribution < -0.4 is 10.6 Å². The zero-order valence-electron chi connectivity index (χ0n) is 19.5. The number of nitrogens with zero attached hydrogens (tertiary/aromatic N) is 4. The highest BCUT2D eigenvalue weighted by molar-refractivity contribution is 6.00. The summed E-state index contributed by atoms with van der Waals surface area (Å²) in [5.41, 5.74) is 5.63. The van der Waals surface area contributed by atoms with Gasteiger partial charge in [-0.3, -0.25) is 14.6 Å². The molecule has 4 aromatic rings. The van der Waals surface area contributed by atoms with Gasteiger partial charge in [0, 0.05) is 47.5 Å². The molecule has 0 bridgehead atoms. The zero-order valence-corrected chi connectivity index (χ0v) is 19.5. The lowest BCUT2D eigenvalue weighted by Crippen LogP contribution is -2.30. The second kappa shape index (κ2) is 9.22. The third-order valence-electron chi connectivity index (χ3n) is 6.66. The minimum absolute atomic E-state index is 0.0240. The van der Waals surface area contributed by atoms with Crippen molar-refractivity contribution in [3.63, 3.8) is 0 Å². The molecule has 4 heterocycles. The molecule has 0 saturated carbocycles. The van der Waals surface area contributed by atoms with Crippen molar-refractivity contribution in [2.75, 3.05) is 17.2 Å². The molecule has 6 rings (SSSR count). The van der Waals surface area contributed by atoms with Crippen LogP contribution in [0.1, 0.15) is 40.4 Å². The number of benzene rings is 2. The summed E-state index contributed by atoms with van der Waals surface area (Å²) in [5, 5.41) is 6.15. The lowest BCUT2D eigenvalue weighted by molar-refractivity contribution is -0.115. The van der Waals surface area contributed by atoms with E-state index >= 15 is 0 Å². The van der Waals surface area contributed by atoms with Crippen molar-refractivity contribution in [3.05, 3.63) is 95.9 Å². The van der Waals surface area contributed by atoms with E-state index in [9.17, 15) is 9.59 Å². The minimum Gasteiger partial charge on any atom is -0.332 e. The molecule has 1 unspecified atom stereocenters. The molecule has 8 heteroatoms. The molecule has 2 amide bonds. The monoisotopic (exact) mass is 476 g/mol. The number of aromatic nitrogens is 3. The summed E-state index contributed by atoms with van der Waals surface area (Å²) in [5.74, 6) is 0.361. The first-order valence-electron chi connectivity index (χ1n) is 12.0. The van der Waals surface area contributed by atoms with Gasteiger partial charge in [-0.25, -0.2) is 9.97 Å². The van der Waals surface area contributed by atoms with Crippen molar-refractivity contribution in [2.24, 2.45) is 0 Å². The molecule has 1 saturated heterocycles. The summed E-state index contributed by atoms with van der Waals surface area (Å²) in [6.07, 6.45) is 7.39. The number of hydrogen-bond donors (Lipinski definition) is 2. The van der Waals surface area contributed by atoms with E-state index in [0.29, 0.717) is 11.5 Å². The quantitative estimate of drug-likeness (QED) is 0.441. The fraction of sp³-hybridized carbons (Fsp3) is 0.179. The molecular weight excluding hydrogens is 452 g/mol. The van der Waals surface area contributed by atoms with Crippen LogP contribution in [0.15, 0.2) is 79.3 Å². The molecule has 36 heavy (non-hydrogen) atoms. The number of likely N-dealkylation sites (tertiary alicyclic amines) is 1. The smallest absolute Gasteiger partial charge is 0.254 e. The summed E-state index contributed by atoms with van der Waals surface area (Å²) in [6.45, 7) is 0.744. The second-order valence-electron chi connectivity index (χ2n) is 8.98. The highest BCUT2D eigenvalue weighted by Crippen LogP contribution is 2.34. The van der Waals surface area contributed by atoms with E-state index in [1.165, 1.54) is 0 Å². The van der Waals surface area contributed by atoms with Gasteiger partial charge in [-0.2, -0.15) is 0 Å². The molecular formula is C28H24N6O2. The van der Waals surface area contributed by atoms with Crippen LogP contribution in [0.2, 0.25) is 0 Å². The van der Waals surface area contributed by atoms with Gasteiger partial charge in [-0.05, 0) is 60.9 Å². The molecule has 0 spiro atoms. The first kappa shape index (κ1) is 21.9. The Morgan fingerprint density at radius 3 is 2.67 bits per heavy atom. The van der Waals surface area contributed by atoms with Gasteiger partial charge in [0.05, 0.1) is 23.8 Å². The van der Waals surface area contributed by atoms with Crippen molar-refractivity contribution in [3.8, 4) is 11.3 Å². The normalized spacial score (nSPS) is 16.5. The van der Waals surface area contributed by atoms with Crippen LogP contribution in [0.5, 0.6) is 0 Å². The molecule has 2 aliphatic heterocycles. The molecule has 0 radical (unpaired) electrons. The lowest BCUT2D eigenvalue weighted by Gasteiger charge is -2.25. The van der Waals surface area contributed by atoms with E-state index < -0.39 is 0 Å². The Labute approximate surface area is 208 Å². The number of amides is 2. The van der Waals surface area contributed by atoms with Gasteiger partial charge in [-0.15, -0.1) is 0 Å². The average Bonchev–Trinajstić information content (AvgIpc) is 3.35. The van der Waals surface area contributed by atoms with Crippen molar-refractivity contribution in [1.82, 2.24) is 19.9 Å². The largest absolute Gasteiger partial charge is 0.332 e. The number of para-hydroxylation sites is 1. The van der Waals surface area contributed by atoms with Crippen molar-refractivity contribution in [2.45, 2.75) is 25.3 Å². The number of nitrogens with one attached hydrogen (secondary N) is 2. The summed E-state index contributed by atoms with van der Waals surface area (Å²) in [6, 6.07) is 19.0. The number of anilines is 3. The summed E-state index contributed by atoms with van der Waals surface area (Å²) in [7, 11) is 0. The maximum atomic E-state index is 13.3. The predicted molar refractivity (Wildman–Crippen MR) is 137 cm³/mol. The Morgan fingerprint density at radius 2 is 1.83 bits per heavy atom. The third kappa shape index (κ3) is 4.17. The summed E-state index contributed by atoms with van der Waals surface area (Å²) < 4.78 is 0. The Balaban J connectivity index is 1.21. The van der Waals surface area contributed by atoms with Crippen LogP contribution in [0.4, 0.5) is 17.3 Å². The van der Waals surface area contributed by atoms with E-state index in [4.69, 9.17) is 4.98 Å². The van der Waals surface area contributed by atoms with Crippen LogP contribution in [-0.2, 0) is 11.2 Å². The SMILES string of the molecule is O=C1Cc2cnc(Nc3ccc(C(=O)N4CCCC4c4ccncc4)cc3)nc2-c2ccccc2N1. The molecule has 178 valence electrons. The van der Waals surface area contributed by atoms with Crippen LogP contribution >= 0.6 is 0 Å². The van der Waals surface area contributed by atoms with Gasteiger partial charge >= 0.3 is 0 Å². The fourth-order valence-corrected chi connectivity index (χ4v) is 4.93. The van der Waals surface area contributed by atoms with Crippen molar-refractivity contribution in [1.29, 1.82) is 0 Å². The van der Waals surface area contributed by atoms with Gasteiger partial charge in [0.1, 0.15) is 0 Å².